The van der Waals surface area contributed by atoms with Gasteiger partial charge in [-0.05, 0) is 18.1 Å². The van der Waals surface area contributed by atoms with E-state index in [4.69, 9.17) is 9.26 Å². The summed E-state index contributed by atoms with van der Waals surface area (Å²) in [5.41, 5.74) is 2.37. The molecular formula is C23H29N3O4. The molecule has 0 N–H and O–H groups in total. The maximum Gasteiger partial charge on any atom is 0.225 e. The molecule has 2 aliphatic rings. The van der Waals surface area contributed by atoms with Crippen LogP contribution >= 0.6 is 0 Å². The van der Waals surface area contributed by atoms with E-state index in [9.17, 15) is 9.59 Å². The Kier molecular flexibility index (Phi) is 6.18. The van der Waals surface area contributed by atoms with Crippen molar-refractivity contribution in [1.29, 1.82) is 0 Å². The monoisotopic (exact) mass is 411 g/mol. The SMILES string of the molecule is COCCC(=O)N1C[C@@H]2CN(C(=O)CCc3ccno3)C[C@@H]2[C@H]1c1ccccc1C. The van der Waals surface area contributed by atoms with Gasteiger partial charge in [0.2, 0.25) is 11.8 Å². The predicted octanol–water partition coefficient (Wildman–Crippen LogP) is 2.61. The molecule has 2 aliphatic heterocycles. The van der Waals surface area contributed by atoms with Crippen LogP contribution < -0.4 is 0 Å². The number of aromatic nitrogens is 1. The molecule has 2 saturated heterocycles. The van der Waals surface area contributed by atoms with Crippen molar-refractivity contribution < 1.29 is 18.8 Å². The topological polar surface area (TPSA) is 75.9 Å². The molecule has 7 heteroatoms. The molecular weight excluding hydrogens is 382 g/mol. The van der Waals surface area contributed by atoms with Crippen LogP contribution in [0.3, 0.4) is 0 Å². The quantitative estimate of drug-likeness (QED) is 0.700. The van der Waals surface area contributed by atoms with Crippen molar-refractivity contribution in [2.24, 2.45) is 11.8 Å². The Morgan fingerprint density at radius 2 is 1.97 bits per heavy atom. The number of rotatable bonds is 7. The third kappa shape index (κ3) is 4.12. The number of nitrogens with zero attached hydrogens (tertiary/aromatic N) is 3. The molecule has 3 heterocycles. The molecule has 7 nitrogen and oxygen atoms in total. The summed E-state index contributed by atoms with van der Waals surface area (Å²) < 4.78 is 10.2. The second kappa shape index (κ2) is 9.00. The van der Waals surface area contributed by atoms with Crippen LogP contribution in [0.1, 0.15) is 35.8 Å². The molecule has 30 heavy (non-hydrogen) atoms. The van der Waals surface area contributed by atoms with Crippen molar-refractivity contribution in [2.45, 2.75) is 32.2 Å². The second-order valence-electron chi connectivity index (χ2n) is 8.29. The molecule has 0 bridgehead atoms. The summed E-state index contributed by atoms with van der Waals surface area (Å²) in [6, 6.07) is 10.1. The standard InChI is InChI=1S/C23H29N3O4/c1-16-5-3-4-6-19(16)23-20-15-25(21(27)8-7-18-9-11-24-30-18)13-17(20)14-26(23)22(28)10-12-29-2/h3-6,9,11,17,20,23H,7-8,10,12-15H2,1-2H3/t17-,20-,23+/m0/s1. The van der Waals surface area contributed by atoms with Gasteiger partial charge in [-0.3, -0.25) is 9.59 Å². The summed E-state index contributed by atoms with van der Waals surface area (Å²) in [5.74, 6) is 1.56. The third-order valence-corrected chi connectivity index (χ3v) is 6.44. The van der Waals surface area contributed by atoms with E-state index >= 15 is 0 Å². The minimum absolute atomic E-state index is 0.00706. The van der Waals surface area contributed by atoms with Crippen molar-refractivity contribution in [3.8, 4) is 0 Å². The highest BCUT2D eigenvalue weighted by Crippen LogP contribution is 2.46. The van der Waals surface area contributed by atoms with E-state index in [2.05, 4.69) is 24.2 Å². The normalized spacial score (nSPS) is 23.1. The summed E-state index contributed by atoms with van der Waals surface area (Å²) in [6.45, 7) is 4.61. The lowest BCUT2D eigenvalue weighted by Crippen LogP contribution is -2.38. The average Bonchev–Trinajstić information content (AvgIpc) is 3.47. The lowest BCUT2D eigenvalue weighted by atomic mass is 9.87. The number of methoxy groups -OCH3 is 1. The van der Waals surface area contributed by atoms with Gasteiger partial charge in [0.1, 0.15) is 5.76 Å². The van der Waals surface area contributed by atoms with Gasteiger partial charge in [0.15, 0.2) is 0 Å². The van der Waals surface area contributed by atoms with Crippen LogP contribution in [-0.2, 0) is 20.7 Å². The van der Waals surface area contributed by atoms with Gasteiger partial charge in [-0.2, -0.15) is 0 Å². The summed E-state index contributed by atoms with van der Waals surface area (Å²) in [5, 5.41) is 3.70. The van der Waals surface area contributed by atoms with E-state index in [0.717, 1.165) is 5.76 Å². The number of hydrogen-bond acceptors (Lipinski definition) is 5. The Balaban J connectivity index is 1.49. The highest BCUT2D eigenvalue weighted by Gasteiger charge is 2.50. The zero-order valence-corrected chi connectivity index (χ0v) is 17.6. The molecule has 2 fully saturated rings. The Hall–Kier alpha value is -2.67. The van der Waals surface area contributed by atoms with Gasteiger partial charge >= 0.3 is 0 Å². The minimum atomic E-state index is 0.00706. The number of fused-ring (bicyclic) bond motifs is 1. The predicted molar refractivity (Wildman–Crippen MR) is 111 cm³/mol. The summed E-state index contributed by atoms with van der Waals surface area (Å²) in [6.07, 6.45) is 2.97. The van der Waals surface area contributed by atoms with Gasteiger partial charge in [0.05, 0.1) is 25.3 Å². The average molecular weight is 412 g/mol. The Labute approximate surface area is 177 Å². The summed E-state index contributed by atoms with van der Waals surface area (Å²) in [7, 11) is 1.62. The fraction of sp³-hybridized carbons (Fsp3) is 0.522. The molecule has 160 valence electrons. The van der Waals surface area contributed by atoms with Crippen molar-refractivity contribution in [2.75, 3.05) is 33.4 Å². The van der Waals surface area contributed by atoms with Crippen molar-refractivity contribution in [3.63, 3.8) is 0 Å². The molecule has 0 saturated carbocycles. The number of likely N-dealkylation sites (tertiary alicyclic amines) is 2. The number of carbonyl (C=O) groups excluding carboxylic acids is 2. The van der Waals surface area contributed by atoms with Gasteiger partial charge in [-0.25, -0.2) is 0 Å². The number of ether oxygens (including phenoxy) is 1. The first kappa shape index (κ1) is 20.6. The first-order valence-electron chi connectivity index (χ1n) is 10.6. The lowest BCUT2D eigenvalue weighted by molar-refractivity contribution is -0.134. The first-order valence-corrected chi connectivity index (χ1v) is 10.6. The molecule has 0 spiro atoms. The molecule has 0 unspecified atom stereocenters. The fourth-order valence-corrected chi connectivity index (χ4v) is 4.91. The van der Waals surface area contributed by atoms with Crippen LogP contribution in [0.2, 0.25) is 0 Å². The van der Waals surface area contributed by atoms with Crippen LogP contribution in [0.25, 0.3) is 0 Å². The van der Waals surface area contributed by atoms with Crippen LogP contribution in [0.15, 0.2) is 41.1 Å². The van der Waals surface area contributed by atoms with E-state index in [0.29, 0.717) is 51.4 Å². The zero-order valence-electron chi connectivity index (χ0n) is 17.6. The van der Waals surface area contributed by atoms with Crippen LogP contribution in [0.4, 0.5) is 0 Å². The van der Waals surface area contributed by atoms with Crippen LogP contribution in [-0.4, -0.2) is 60.1 Å². The van der Waals surface area contributed by atoms with E-state index in [1.165, 1.54) is 11.1 Å². The van der Waals surface area contributed by atoms with E-state index < -0.39 is 0 Å². The first-order chi connectivity index (χ1) is 14.6. The number of hydrogen-bond donors (Lipinski definition) is 0. The molecule has 0 radical (unpaired) electrons. The zero-order chi connectivity index (χ0) is 21.1. The number of carbonyl (C=O) groups is 2. The Morgan fingerprint density at radius 3 is 2.70 bits per heavy atom. The molecule has 2 amide bonds. The highest BCUT2D eigenvalue weighted by molar-refractivity contribution is 5.78. The smallest absolute Gasteiger partial charge is 0.225 e. The van der Waals surface area contributed by atoms with Gasteiger partial charge in [0, 0.05) is 57.5 Å². The van der Waals surface area contributed by atoms with E-state index in [1.807, 2.05) is 21.9 Å². The molecule has 3 atom stereocenters. The van der Waals surface area contributed by atoms with Crippen LogP contribution in [0.5, 0.6) is 0 Å². The second-order valence-corrected chi connectivity index (χ2v) is 8.29. The van der Waals surface area contributed by atoms with E-state index in [1.54, 1.807) is 19.4 Å². The highest BCUT2D eigenvalue weighted by atomic mass is 16.5. The van der Waals surface area contributed by atoms with Crippen LogP contribution in [0, 0.1) is 18.8 Å². The lowest BCUT2D eigenvalue weighted by Gasteiger charge is -2.31. The Morgan fingerprint density at radius 1 is 1.13 bits per heavy atom. The number of aryl methyl sites for hydroxylation is 2. The largest absolute Gasteiger partial charge is 0.384 e. The molecule has 4 rings (SSSR count). The van der Waals surface area contributed by atoms with Gasteiger partial charge in [-0.1, -0.05) is 29.4 Å². The number of benzene rings is 1. The molecule has 2 aromatic rings. The summed E-state index contributed by atoms with van der Waals surface area (Å²) in [4.78, 5) is 29.7. The number of amides is 2. The summed E-state index contributed by atoms with van der Waals surface area (Å²) >= 11 is 0. The van der Waals surface area contributed by atoms with E-state index in [-0.39, 0.29) is 23.8 Å². The Bertz CT molecular complexity index is 882. The maximum absolute atomic E-state index is 12.9. The van der Waals surface area contributed by atoms with Crippen molar-refractivity contribution in [3.05, 3.63) is 53.4 Å². The minimum Gasteiger partial charge on any atom is -0.384 e. The third-order valence-electron chi connectivity index (χ3n) is 6.44. The maximum atomic E-state index is 12.9. The van der Waals surface area contributed by atoms with Crippen molar-refractivity contribution in [1.82, 2.24) is 15.0 Å². The fourth-order valence-electron chi connectivity index (χ4n) is 4.91. The van der Waals surface area contributed by atoms with Crippen molar-refractivity contribution >= 4 is 11.8 Å². The van der Waals surface area contributed by atoms with Gasteiger partial charge < -0.3 is 19.1 Å². The van der Waals surface area contributed by atoms with Gasteiger partial charge in [0.25, 0.3) is 0 Å². The molecule has 1 aromatic carbocycles. The van der Waals surface area contributed by atoms with Gasteiger partial charge in [-0.15, -0.1) is 0 Å². The molecule has 0 aliphatic carbocycles. The molecule has 1 aromatic heterocycles.